The summed E-state index contributed by atoms with van der Waals surface area (Å²) in [5.74, 6) is 0.650. The molecule has 2 aromatic carbocycles. The second kappa shape index (κ2) is 8.04. The number of benzene rings is 2. The summed E-state index contributed by atoms with van der Waals surface area (Å²) in [7, 11) is 1.63. The number of nitrogens with one attached hydrogen (secondary N) is 1. The highest BCUT2D eigenvalue weighted by molar-refractivity contribution is 5.90. The number of carbonyl (C=O) groups is 2. The van der Waals surface area contributed by atoms with Crippen molar-refractivity contribution in [2.45, 2.75) is 25.8 Å². The zero-order valence-corrected chi connectivity index (χ0v) is 15.2. The lowest BCUT2D eigenvalue weighted by Crippen LogP contribution is -2.52. The minimum atomic E-state index is -0.561. The summed E-state index contributed by atoms with van der Waals surface area (Å²) in [6.07, 6.45) is 0.928. The number of carbonyl (C=O) groups excluding carboxylic acids is 2. The topological polar surface area (TPSA) is 58.6 Å². The molecule has 136 valence electrons. The lowest BCUT2D eigenvalue weighted by atomic mass is 9.99. The number of ether oxygens (including phenoxy) is 1. The van der Waals surface area contributed by atoms with Gasteiger partial charge in [-0.05, 0) is 30.5 Å². The Morgan fingerprint density at radius 1 is 1.23 bits per heavy atom. The molecule has 0 saturated carbocycles. The molecule has 1 N–H and O–H groups in total. The molecule has 1 aliphatic heterocycles. The van der Waals surface area contributed by atoms with Gasteiger partial charge in [0.05, 0.1) is 7.11 Å². The number of rotatable bonds is 5. The van der Waals surface area contributed by atoms with E-state index in [9.17, 15) is 9.59 Å². The fraction of sp³-hybridized carbons (Fsp3) is 0.333. The van der Waals surface area contributed by atoms with Crippen molar-refractivity contribution in [2.75, 3.05) is 20.2 Å². The molecule has 5 heteroatoms. The maximum atomic E-state index is 12.9. The maximum Gasteiger partial charge on any atom is 0.247 e. The van der Waals surface area contributed by atoms with Crippen LogP contribution in [0.15, 0.2) is 48.5 Å². The van der Waals surface area contributed by atoms with E-state index in [-0.39, 0.29) is 11.8 Å². The molecule has 0 aromatic heterocycles. The van der Waals surface area contributed by atoms with Crippen LogP contribution in [-0.2, 0) is 16.0 Å². The number of nitrogens with zero attached hydrogens (tertiary/aromatic N) is 1. The van der Waals surface area contributed by atoms with Crippen molar-refractivity contribution >= 4 is 11.8 Å². The first kappa shape index (κ1) is 18.0. The highest BCUT2D eigenvalue weighted by Gasteiger charge is 2.34. The normalized spacial score (nSPS) is 16.9. The lowest BCUT2D eigenvalue weighted by Gasteiger charge is -2.35. The molecule has 1 heterocycles. The van der Waals surface area contributed by atoms with E-state index < -0.39 is 6.04 Å². The number of piperazine rings is 1. The average molecular weight is 352 g/mol. The molecule has 0 bridgehead atoms. The second-order valence-electron chi connectivity index (χ2n) is 6.51. The van der Waals surface area contributed by atoms with Crippen LogP contribution in [0.5, 0.6) is 5.75 Å². The lowest BCUT2D eigenvalue weighted by molar-refractivity contribution is -0.143. The molecule has 0 spiro atoms. The fourth-order valence-electron chi connectivity index (χ4n) is 3.40. The first-order valence-corrected chi connectivity index (χ1v) is 8.86. The minimum Gasteiger partial charge on any atom is -0.496 e. The Hall–Kier alpha value is -2.82. The summed E-state index contributed by atoms with van der Waals surface area (Å²) in [5.41, 5.74) is 2.92. The molecule has 1 unspecified atom stereocenters. The van der Waals surface area contributed by atoms with E-state index in [1.807, 2.05) is 55.5 Å². The van der Waals surface area contributed by atoms with E-state index >= 15 is 0 Å². The molecule has 1 fully saturated rings. The minimum absolute atomic E-state index is 0.0164. The van der Waals surface area contributed by atoms with Crippen molar-refractivity contribution in [1.29, 1.82) is 0 Å². The van der Waals surface area contributed by atoms with Crippen LogP contribution in [0.4, 0.5) is 0 Å². The van der Waals surface area contributed by atoms with Gasteiger partial charge in [-0.3, -0.25) is 9.59 Å². The summed E-state index contributed by atoms with van der Waals surface area (Å²) in [4.78, 5) is 27.1. The van der Waals surface area contributed by atoms with Crippen molar-refractivity contribution in [3.05, 3.63) is 65.2 Å². The van der Waals surface area contributed by atoms with Crippen LogP contribution < -0.4 is 10.1 Å². The van der Waals surface area contributed by atoms with Crippen molar-refractivity contribution in [1.82, 2.24) is 10.2 Å². The van der Waals surface area contributed by atoms with Gasteiger partial charge in [-0.15, -0.1) is 0 Å². The third kappa shape index (κ3) is 3.87. The molecule has 3 rings (SSSR count). The monoisotopic (exact) mass is 352 g/mol. The Balaban J connectivity index is 1.76. The average Bonchev–Trinajstić information content (AvgIpc) is 2.66. The number of para-hydroxylation sites is 1. The Labute approximate surface area is 154 Å². The van der Waals surface area contributed by atoms with Gasteiger partial charge in [0, 0.05) is 19.5 Å². The molecule has 1 atom stereocenters. The van der Waals surface area contributed by atoms with E-state index in [2.05, 4.69) is 5.32 Å². The van der Waals surface area contributed by atoms with Gasteiger partial charge in [-0.1, -0.05) is 48.0 Å². The molecule has 2 aromatic rings. The summed E-state index contributed by atoms with van der Waals surface area (Å²) in [5, 5.41) is 2.87. The van der Waals surface area contributed by atoms with Crippen LogP contribution in [0.2, 0.25) is 0 Å². The molecule has 0 aliphatic carbocycles. The second-order valence-corrected chi connectivity index (χ2v) is 6.51. The highest BCUT2D eigenvalue weighted by Crippen LogP contribution is 2.26. The third-order valence-electron chi connectivity index (χ3n) is 4.69. The van der Waals surface area contributed by atoms with E-state index in [1.165, 1.54) is 0 Å². The van der Waals surface area contributed by atoms with Crippen LogP contribution in [0.3, 0.4) is 0 Å². The smallest absolute Gasteiger partial charge is 0.247 e. The van der Waals surface area contributed by atoms with E-state index in [4.69, 9.17) is 4.74 Å². The molecular formula is C21H24N2O3. The Morgan fingerprint density at radius 3 is 2.81 bits per heavy atom. The van der Waals surface area contributed by atoms with Gasteiger partial charge in [-0.2, -0.15) is 0 Å². The van der Waals surface area contributed by atoms with Crippen molar-refractivity contribution < 1.29 is 14.3 Å². The SMILES string of the molecule is COc1ccccc1CCC(=O)N1CCNC(=O)C1c1cccc(C)c1. The fourth-order valence-corrected chi connectivity index (χ4v) is 3.40. The summed E-state index contributed by atoms with van der Waals surface area (Å²) in [6.45, 7) is 2.99. The van der Waals surface area contributed by atoms with Crippen molar-refractivity contribution in [3.8, 4) is 5.75 Å². The number of methoxy groups -OCH3 is 1. The summed E-state index contributed by atoms with van der Waals surface area (Å²) >= 11 is 0. The zero-order chi connectivity index (χ0) is 18.5. The zero-order valence-electron chi connectivity index (χ0n) is 15.2. The van der Waals surface area contributed by atoms with Gasteiger partial charge in [0.2, 0.25) is 11.8 Å². The molecule has 0 radical (unpaired) electrons. The van der Waals surface area contributed by atoms with Crippen LogP contribution in [0.1, 0.15) is 29.2 Å². The predicted molar refractivity (Wildman–Crippen MR) is 100.0 cm³/mol. The number of hydrogen-bond donors (Lipinski definition) is 1. The van der Waals surface area contributed by atoms with Crippen LogP contribution in [-0.4, -0.2) is 36.9 Å². The van der Waals surface area contributed by atoms with Gasteiger partial charge in [0.1, 0.15) is 11.8 Å². The Kier molecular flexibility index (Phi) is 5.56. The predicted octanol–water partition coefficient (Wildman–Crippen LogP) is 2.64. The van der Waals surface area contributed by atoms with Crippen LogP contribution in [0.25, 0.3) is 0 Å². The van der Waals surface area contributed by atoms with Crippen LogP contribution >= 0.6 is 0 Å². The van der Waals surface area contributed by atoms with E-state index in [0.717, 1.165) is 22.4 Å². The molecule has 2 amide bonds. The van der Waals surface area contributed by atoms with Gasteiger partial charge >= 0.3 is 0 Å². The first-order valence-electron chi connectivity index (χ1n) is 8.86. The number of hydrogen-bond acceptors (Lipinski definition) is 3. The van der Waals surface area contributed by atoms with Gasteiger partial charge in [0.15, 0.2) is 0 Å². The number of aryl methyl sites for hydroxylation is 2. The highest BCUT2D eigenvalue weighted by atomic mass is 16.5. The molecule has 26 heavy (non-hydrogen) atoms. The van der Waals surface area contributed by atoms with Crippen molar-refractivity contribution in [3.63, 3.8) is 0 Å². The van der Waals surface area contributed by atoms with Gasteiger partial charge in [-0.25, -0.2) is 0 Å². The van der Waals surface area contributed by atoms with Gasteiger partial charge in [0.25, 0.3) is 0 Å². The molecule has 5 nitrogen and oxygen atoms in total. The van der Waals surface area contributed by atoms with Gasteiger partial charge < -0.3 is 15.0 Å². The molecule has 1 aliphatic rings. The Morgan fingerprint density at radius 2 is 2.04 bits per heavy atom. The van der Waals surface area contributed by atoms with Crippen molar-refractivity contribution in [2.24, 2.45) is 0 Å². The van der Waals surface area contributed by atoms with Crippen LogP contribution in [0, 0.1) is 6.92 Å². The molecular weight excluding hydrogens is 328 g/mol. The largest absolute Gasteiger partial charge is 0.496 e. The Bertz CT molecular complexity index is 803. The third-order valence-corrected chi connectivity index (χ3v) is 4.69. The number of amides is 2. The molecule has 1 saturated heterocycles. The van der Waals surface area contributed by atoms with E-state index in [0.29, 0.717) is 25.9 Å². The summed E-state index contributed by atoms with van der Waals surface area (Å²) < 4.78 is 5.35. The van der Waals surface area contributed by atoms with E-state index in [1.54, 1.807) is 12.0 Å². The summed E-state index contributed by atoms with van der Waals surface area (Å²) in [6, 6.07) is 14.9. The first-order chi connectivity index (χ1) is 12.6. The standard InChI is InChI=1S/C21H24N2O3/c1-15-6-5-8-17(14-15)20-21(25)22-12-13-23(20)19(24)11-10-16-7-3-4-9-18(16)26-2/h3-9,14,20H,10-13H2,1-2H3,(H,22,25). The maximum absolute atomic E-state index is 12.9. The quantitative estimate of drug-likeness (QED) is 0.900.